The van der Waals surface area contributed by atoms with Crippen LogP contribution in [0.25, 0.3) is 0 Å². The summed E-state index contributed by atoms with van der Waals surface area (Å²) in [4.78, 5) is 35.8. The molecule has 0 aliphatic rings. The molecular weight excluding hydrogens is 416 g/mol. The van der Waals surface area contributed by atoms with Gasteiger partial charge in [-0.05, 0) is 62.3 Å². The molecule has 0 heterocycles. The maximum Gasteiger partial charge on any atom is 0.264 e. The number of ether oxygens (including phenoxy) is 1. The first-order valence-electron chi connectivity index (χ1n) is 9.68. The minimum atomic E-state index is -0.471. The number of aryl methyl sites for hydroxylation is 3. The first-order chi connectivity index (χ1) is 14.7. The number of rotatable bonds is 7. The largest absolute Gasteiger partial charge is 0.484 e. The zero-order valence-corrected chi connectivity index (χ0v) is 18.5. The van der Waals surface area contributed by atoms with Gasteiger partial charge < -0.3 is 10.1 Å². The van der Waals surface area contributed by atoms with Crippen LogP contribution >= 0.6 is 12.2 Å². The number of amides is 3. The second kappa shape index (κ2) is 11.7. The summed E-state index contributed by atoms with van der Waals surface area (Å²) in [5.74, 6) is -0.614. The van der Waals surface area contributed by atoms with Crippen molar-refractivity contribution in [3.63, 3.8) is 0 Å². The fourth-order valence-electron chi connectivity index (χ4n) is 2.63. The van der Waals surface area contributed by atoms with E-state index in [-0.39, 0.29) is 30.5 Å². The number of carbonyl (C=O) groups is 3. The van der Waals surface area contributed by atoms with Crippen molar-refractivity contribution in [2.24, 2.45) is 0 Å². The van der Waals surface area contributed by atoms with Gasteiger partial charge in [0, 0.05) is 18.5 Å². The molecular formula is C22H26N4O4S. The monoisotopic (exact) mass is 442 g/mol. The van der Waals surface area contributed by atoms with Crippen LogP contribution in [0.3, 0.4) is 0 Å². The molecule has 31 heavy (non-hydrogen) atoms. The Balaban J connectivity index is 1.64. The SMILES string of the molecule is Cc1cccc(OCC(=O)NC(=S)NNC(=O)CCC(=O)Nc2ccc(C)cc2C)c1. The molecule has 0 bridgehead atoms. The van der Waals surface area contributed by atoms with E-state index in [0.29, 0.717) is 11.4 Å². The second-order valence-electron chi connectivity index (χ2n) is 7.02. The van der Waals surface area contributed by atoms with Crippen molar-refractivity contribution >= 4 is 40.7 Å². The molecule has 0 fully saturated rings. The van der Waals surface area contributed by atoms with Gasteiger partial charge in [-0.1, -0.05) is 29.8 Å². The Morgan fingerprint density at radius 3 is 2.29 bits per heavy atom. The molecule has 2 rings (SSSR count). The number of hydrazine groups is 1. The third-order valence-electron chi connectivity index (χ3n) is 4.16. The number of nitrogens with one attached hydrogen (secondary N) is 4. The summed E-state index contributed by atoms with van der Waals surface area (Å²) in [6, 6.07) is 13.0. The summed E-state index contributed by atoms with van der Waals surface area (Å²) < 4.78 is 5.37. The fourth-order valence-corrected chi connectivity index (χ4v) is 2.80. The lowest BCUT2D eigenvalue weighted by Crippen LogP contribution is -2.49. The molecule has 2 aromatic rings. The lowest BCUT2D eigenvalue weighted by molar-refractivity contribution is -0.125. The predicted molar refractivity (Wildman–Crippen MR) is 122 cm³/mol. The van der Waals surface area contributed by atoms with Crippen LogP contribution < -0.4 is 26.2 Å². The molecule has 9 heteroatoms. The number of hydrogen-bond donors (Lipinski definition) is 4. The quantitative estimate of drug-likeness (QED) is 0.387. The van der Waals surface area contributed by atoms with Crippen molar-refractivity contribution in [1.82, 2.24) is 16.2 Å². The van der Waals surface area contributed by atoms with E-state index in [1.165, 1.54) is 0 Å². The molecule has 0 saturated carbocycles. The van der Waals surface area contributed by atoms with Crippen molar-refractivity contribution in [2.75, 3.05) is 11.9 Å². The minimum Gasteiger partial charge on any atom is -0.484 e. The fraction of sp³-hybridized carbons (Fsp3) is 0.273. The third-order valence-corrected chi connectivity index (χ3v) is 4.37. The second-order valence-corrected chi connectivity index (χ2v) is 7.43. The van der Waals surface area contributed by atoms with E-state index in [1.807, 2.05) is 51.1 Å². The molecule has 0 aliphatic heterocycles. The minimum absolute atomic E-state index is 0.00425. The number of thiocarbonyl (C=S) groups is 1. The lowest BCUT2D eigenvalue weighted by Gasteiger charge is -2.12. The topological polar surface area (TPSA) is 109 Å². The van der Waals surface area contributed by atoms with Gasteiger partial charge in [0.15, 0.2) is 11.7 Å². The molecule has 0 spiro atoms. The van der Waals surface area contributed by atoms with Gasteiger partial charge in [0.2, 0.25) is 11.8 Å². The first kappa shape index (κ1) is 23.8. The standard InChI is InChI=1S/C22H26N4O4S/c1-14-5-4-6-17(12-14)30-13-21(29)24-22(31)26-25-20(28)10-9-19(27)23-18-8-7-15(2)11-16(18)3/h4-8,11-12H,9-10,13H2,1-3H3,(H,23,27)(H,25,28)(H2,24,26,29,31). The molecule has 3 amide bonds. The molecule has 2 aromatic carbocycles. The maximum absolute atomic E-state index is 12.0. The summed E-state index contributed by atoms with van der Waals surface area (Å²) in [7, 11) is 0. The van der Waals surface area contributed by atoms with Crippen molar-refractivity contribution in [2.45, 2.75) is 33.6 Å². The Labute approximate surface area is 186 Å². The zero-order valence-electron chi connectivity index (χ0n) is 17.7. The van der Waals surface area contributed by atoms with Gasteiger partial charge >= 0.3 is 0 Å². The summed E-state index contributed by atoms with van der Waals surface area (Å²) in [5, 5.41) is 5.09. The van der Waals surface area contributed by atoms with Gasteiger partial charge in [-0.3, -0.25) is 30.6 Å². The first-order valence-corrected chi connectivity index (χ1v) is 10.1. The van der Waals surface area contributed by atoms with E-state index < -0.39 is 11.8 Å². The van der Waals surface area contributed by atoms with Crippen LogP contribution in [-0.4, -0.2) is 29.4 Å². The van der Waals surface area contributed by atoms with E-state index in [9.17, 15) is 14.4 Å². The smallest absolute Gasteiger partial charge is 0.264 e. The van der Waals surface area contributed by atoms with Gasteiger partial charge in [0.1, 0.15) is 5.75 Å². The maximum atomic E-state index is 12.0. The summed E-state index contributed by atoms with van der Waals surface area (Å²) in [5.41, 5.74) is 8.55. The number of benzene rings is 2. The van der Waals surface area contributed by atoms with Crippen molar-refractivity contribution in [3.05, 3.63) is 59.2 Å². The van der Waals surface area contributed by atoms with E-state index in [1.54, 1.807) is 12.1 Å². The van der Waals surface area contributed by atoms with Crippen molar-refractivity contribution in [3.8, 4) is 5.75 Å². The van der Waals surface area contributed by atoms with E-state index in [2.05, 4.69) is 21.5 Å². The molecule has 4 N–H and O–H groups in total. The Bertz CT molecular complexity index is 978. The summed E-state index contributed by atoms with van der Waals surface area (Å²) >= 11 is 4.95. The highest BCUT2D eigenvalue weighted by Gasteiger charge is 2.10. The van der Waals surface area contributed by atoms with Crippen LogP contribution in [0.5, 0.6) is 5.75 Å². The highest BCUT2D eigenvalue weighted by molar-refractivity contribution is 7.80. The van der Waals surface area contributed by atoms with Crippen molar-refractivity contribution < 1.29 is 19.1 Å². The van der Waals surface area contributed by atoms with Gasteiger partial charge in [-0.25, -0.2) is 0 Å². The Morgan fingerprint density at radius 1 is 0.871 bits per heavy atom. The summed E-state index contributed by atoms with van der Waals surface area (Å²) in [6.07, 6.45) is -0.0406. The molecule has 0 aliphatic carbocycles. The average molecular weight is 443 g/mol. The van der Waals surface area contributed by atoms with Gasteiger partial charge in [-0.15, -0.1) is 0 Å². The average Bonchev–Trinajstić information content (AvgIpc) is 2.71. The van der Waals surface area contributed by atoms with E-state index >= 15 is 0 Å². The van der Waals surface area contributed by atoms with Gasteiger partial charge in [-0.2, -0.15) is 0 Å². The number of carbonyl (C=O) groups excluding carboxylic acids is 3. The molecule has 0 unspecified atom stereocenters. The highest BCUT2D eigenvalue weighted by Crippen LogP contribution is 2.16. The zero-order chi connectivity index (χ0) is 22.8. The lowest BCUT2D eigenvalue weighted by atomic mass is 10.1. The normalized spacial score (nSPS) is 10.0. The van der Waals surface area contributed by atoms with Crippen LogP contribution in [0.2, 0.25) is 0 Å². The highest BCUT2D eigenvalue weighted by atomic mass is 32.1. The Hall–Kier alpha value is -3.46. The molecule has 0 saturated heterocycles. The Morgan fingerprint density at radius 2 is 1.58 bits per heavy atom. The van der Waals surface area contributed by atoms with Crippen LogP contribution in [0, 0.1) is 20.8 Å². The molecule has 164 valence electrons. The third kappa shape index (κ3) is 8.83. The van der Waals surface area contributed by atoms with Crippen LogP contribution in [-0.2, 0) is 14.4 Å². The molecule has 0 aromatic heterocycles. The summed E-state index contributed by atoms with van der Waals surface area (Å²) in [6.45, 7) is 5.57. The van der Waals surface area contributed by atoms with E-state index in [0.717, 1.165) is 16.7 Å². The Kier molecular flexibility index (Phi) is 8.95. The van der Waals surface area contributed by atoms with Crippen LogP contribution in [0.4, 0.5) is 5.69 Å². The van der Waals surface area contributed by atoms with Gasteiger partial charge in [0.25, 0.3) is 5.91 Å². The predicted octanol–water partition coefficient (Wildman–Crippen LogP) is 2.43. The molecule has 0 atom stereocenters. The van der Waals surface area contributed by atoms with E-state index in [4.69, 9.17) is 17.0 Å². The van der Waals surface area contributed by atoms with Crippen LogP contribution in [0.15, 0.2) is 42.5 Å². The number of anilines is 1. The van der Waals surface area contributed by atoms with Crippen molar-refractivity contribution in [1.29, 1.82) is 0 Å². The molecule has 0 radical (unpaired) electrons. The molecule has 8 nitrogen and oxygen atoms in total. The van der Waals surface area contributed by atoms with Gasteiger partial charge in [0.05, 0.1) is 0 Å². The number of hydrogen-bond acceptors (Lipinski definition) is 5. The van der Waals surface area contributed by atoms with Crippen LogP contribution in [0.1, 0.15) is 29.5 Å².